The van der Waals surface area contributed by atoms with Crippen molar-refractivity contribution in [3.05, 3.63) is 65.2 Å². The van der Waals surface area contributed by atoms with Crippen molar-refractivity contribution in [3.63, 3.8) is 0 Å². The Kier molecular flexibility index (Phi) is 4.78. The van der Waals surface area contributed by atoms with E-state index in [4.69, 9.17) is 4.74 Å². The Morgan fingerprint density at radius 1 is 1.12 bits per heavy atom. The van der Waals surface area contributed by atoms with Crippen LogP contribution in [0.4, 0.5) is 5.69 Å². The highest BCUT2D eigenvalue weighted by atomic mass is 16.5. The summed E-state index contributed by atoms with van der Waals surface area (Å²) in [6.07, 6.45) is 3.86. The fraction of sp³-hybridized carbons (Fsp3) is 0.455. The van der Waals surface area contributed by atoms with Crippen LogP contribution < -0.4 is 10.6 Å². The third-order valence-electron chi connectivity index (χ3n) is 5.71. The molecule has 0 saturated carbocycles. The van der Waals surface area contributed by atoms with E-state index in [-0.39, 0.29) is 6.10 Å². The van der Waals surface area contributed by atoms with E-state index in [1.165, 1.54) is 28.8 Å². The predicted octanol–water partition coefficient (Wildman–Crippen LogP) is 4.47. The molecule has 2 aromatic carbocycles. The molecule has 4 atom stereocenters. The van der Waals surface area contributed by atoms with Crippen molar-refractivity contribution in [2.45, 2.75) is 44.4 Å². The van der Waals surface area contributed by atoms with Crippen LogP contribution in [-0.2, 0) is 11.2 Å². The van der Waals surface area contributed by atoms with Crippen LogP contribution in [0, 0.1) is 5.92 Å². The average molecular weight is 336 g/mol. The predicted molar refractivity (Wildman–Crippen MR) is 103 cm³/mol. The highest BCUT2D eigenvalue weighted by Gasteiger charge is 2.42. The Bertz CT molecular complexity index is 715. The first kappa shape index (κ1) is 16.6. The van der Waals surface area contributed by atoms with Crippen molar-refractivity contribution in [1.82, 2.24) is 5.32 Å². The molecular weight excluding hydrogens is 308 g/mol. The van der Waals surface area contributed by atoms with Crippen molar-refractivity contribution in [1.29, 1.82) is 0 Å². The Hall–Kier alpha value is -1.84. The lowest BCUT2D eigenvalue weighted by atomic mass is 9.76. The van der Waals surface area contributed by atoms with Crippen molar-refractivity contribution >= 4 is 5.69 Å². The number of ether oxygens (including phenoxy) is 1. The SMILES string of the molecule is CCc1ccc2c(c1)C1OC(CNC)CCC1[C@H](c1ccccc1)N2. The minimum absolute atomic E-state index is 0.181. The molecule has 132 valence electrons. The third-order valence-corrected chi connectivity index (χ3v) is 5.71. The molecule has 4 rings (SSSR count). The second kappa shape index (κ2) is 7.19. The molecule has 2 heterocycles. The molecule has 0 aliphatic carbocycles. The van der Waals surface area contributed by atoms with Crippen LogP contribution in [0.1, 0.15) is 48.6 Å². The van der Waals surface area contributed by atoms with Crippen LogP contribution in [-0.4, -0.2) is 19.7 Å². The lowest BCUT2D eigenvalue weighted by molar-refractivity contribution is -0.0910. The lowest BCUT2D eigenvalue weighted by Crippen LogP contribution is -2.41. The minimum atomic E-state index is 0.181. The number of benzene rings is 2. The molecule has 2 N–H and O–H groups in total. The molecule has 0 aromatic heterocycles. The van der Waals surface area contributed by atoms with Crippen LogP contribution in [0.15, 0.2) is 48.5 Å². The van der Waals surface area contributed by atoms with Crippen molar-refractivity contribution < 1.29 is 4.74 Å². The van der Waals surface area contributed by atoms with Crippen LogP contribution in [0.5, 0.6) is 0 Å². The maximum absolute atomic E-state index is 6.61. The Balaban J connectivity index is 1.72. The number of anilines is 1. The normalized spacial score (nSPS) is 27.9. The highest BCUT2D eigenvalue weighted by Crippen LogP contribution is 2.50. The molecular formula is C22H28N2O. The van der Waals surface area contributed by atoms with Gasteiger partial charge in [-0.05, 0) is 43.5 Å². The summed E-state index contributed by atoms with van der Waals surface area (Å²) in [6, 6.07) is 18.0. The maximum Gasteiger partial charge on any atom is 0.0900 e. The zero-order chi connectivity index (χ0) is 17.2. The van der Waals surface area contributed by atoms with Crippen molar-refractivity contribution in [2.24, 2.45) is 5.92 Å². The van der Waals surface area contributed by atoms with Gasteiger partial charge in [0.15, 0.2) is 0 Å². The number of hydrogen-bond acceptors (Lipinski definition) is 3. The molecule has 2 aliphatic heterocycles. The van der Waals surface area contributed by atoms with Crippen LogP contribution in [0.2, 0.25) is 0 Å². The Morgan fingerprint density at radius 2 is 1.96 bits per heavy atom. The largest absolute Gasteiger partial charge is 0.378 e. The summed E-state index contributed by atoms with van der Waals surface area (Å²) in [7, 11) is 2.01. The van der Waals surface area contributed by atoms with Gasteiger partial charge in [0, 0.05) is 23.7 Å². The fourth-order valence-corrected chi connectivity index (χ4v) is 4.39. The maximum atomic E-state index is 6.61. The molecule has 0 bridgehead atoms. The Labute approximate surface area is 150 Å². The van der Waals surface area contributed by atoms with Gasteiger partial charge in [-0.1, -0.05) is 49.4 Å². The summed E-state index contributed by atoms with van der Waals surface area (Å²) in [5, 5.41) is 7.10. The summed E-state index contributed by atoms with van der Waals surface area (Å²) >= 11 is 0. The molecule has 0 radical (unpaired) electrons. The first-order valence-corrected chi connectivity index (χ1v) is 9.54. The minimum Gasteiger partial charge on any atom is -0.378 e. The van der Waals surface area contributed by atoms with E-state index < -0.39 is 0 Å². The van der Waals surface area contributed by atoms with Gasteiger partial charge in [-0.15, -0.1) is 0 Å². The molecule has 1 saturated heterocycles. The average Bonchev–Trinajstić information content (AvgIpc) is 2.68. The van der Waals surface area contributed by atoms with E-state index in [0.717, 1.165) is 19.4 Å². The van der Waals surface area contributed by atoms with E-state index in [1.54, 1.807) is 0 Å². The highest BCUT2D eigenvalue weighted by molar-refractivity contribution is 5.58. The number of likely N-dealkylation sites (N-methyl/N-ethyl adjacent to an activating group) is 1. The van der Waals surface area contributed by atoms with Gasteiger partial charge in [-0.2, -0.15) is 0 Å². The van der Waals surface area contributed by atoms with E-state index in [2.05, 4.69) is 66.1 Å². The van der Waals surface area contributed by atoms with E-state index in [1.807, 2.05) is 7.05 Å². The summed E-state index contributed by atoms with van der Waals surface area (Å²) in [4.78, 5) is 0. The van der Waals surface area contributed by atoms with Crippen LogP contribution in [0.3, 0.4) is 0 Å². The van der Waals surface area contributed by atoms with Crippen LogP contribution >= 0.6 is 0 Å². The second-order valence-corrected chi connectivity index (χ2v) is 7.29. The smallest absolute Gasteiger partial charge is 0.0900 e. The van der Waals surface area contributed by atoms with Crippen LogP contribution in [0.25, 0.3) is 0 Å². The van der Waals surface area contributed by atoms with Gasteiger partial charge in [-0.25, -0.2) is 0 Å². The Morgan fingerprint density at radius 3 is 2.72 bits per heavy atom. The van der Waals surface area contributed by atoms with Gasteiger partial charge in [0.25, 0.3) is 0 Å². The number of rotatable bonds is 4. The zero-order valence-corrected chi connectivity index (χ0v) is 15.2. The number of fused-ring (bicyclic) bond motifs is 3. The molecule has 3 heteroatoms. The molecule has 0 spiro atoms. The quantitative estimate of drug-likeness (QED) is 0.864. The van der Waals surface area contributed by atoms with Gasteiger partial charge in [-0.3, -0.25) is 0 Å². The number of aryl methyl sites for hydroxylation is 1. The standard InChI is InChI=1S/C22H28N2O/c1-3-15-9-12-20-19(13-15)22-18(11-10-17(25-22)14-23-2)21(24-20)16-7-5-4-6-8-16/h4-9,12-13,17-18,21-24H,3,10-11,14H2,1-2H3/t17?,18?,21-,22?/m0/s1. The molecule has 2 aromatic rings. The number of nitrogens with one attached hydrogen (secondary N) is 2. The van der Waals surface area contributed by atoms with Gasteiger partial charge in [0.1, 0.15) is 0 Å². The first-order valence-electron chi connectivity index (χ1n) is 9.54. The van der Waals surface area contributed by atoms with Crippen molar-refractivity contribution in [3.8, 4) is 0 Å². The van der Waals surface area contributed by atoms with Gasteiger partial charge in [0.05, 0.1) is 18.2 Å². The molecule has 3 unspecified atom stereocenters. The molecule has 3 nitrogen and oxygen atoms in total. The number of hydrogen-bond donors (Lipinski definition) is 2. The summed E-state index contributed by atoms with van der Waals surface area (Å²) in [5.41, 5.74) is 5.32. The fourth-order valence-electron chi connectivity index (χ4n) is 4.39. The molecule has 25 heavy (non-hydrogen) atoms. The van der Waals surface area contributed by atoms with E-state index in [9.17, 15) is 0 Å². The zero-order valence-electron chi connectivity index (χ0n) is 15.2. The molecule has 0 amide bonds. The summed E-state index contributed by atoms with van der Waals surface area (Å²) < 4.78 is 6.61. The summed E-state index contributed by atoms with van der Waals surface area (Å²) in [6.45, 7) is 3.14. The third kappa shape index (κ3) is 3.19. The molecule has 1 fully saturated rings. The second-order valence-electron chi connectivity index (χ2n) is 7.29. The topological polar surface area (TPSA) is 33.3 Å². The van der Waals surface area contributed by atoms with E-state index >= 15 is 0 Å². The van der Waals surface area contributed by atoms with Gasteiger partial charge >= 0.3 is 0 Å². The first-order chi connectivity index (χ1) is 12.3. The van der Waals surface area contributed by atoms with Crippen molar-refractivity contribution in [2.75, 3.05) is 18.9 Å². The molecule has 2 aliphatic rings. The van der Waals surface area contributed by atoms with Gasteiger partial charge in [0.2, 0.25) is 0 Å². The van der Waals surface area contributed by atoms with Gasteiger partial charge < -0.3 is 15.4 Å². The lowest BCUT2D eigenvalue weighted by Gasteiger charge is -2.46. The van der Waals surface area contributed by atoms with E-state index in [0.29, 0.717) is 18.1 Å². The summed E-state index contributed by atoms with van der Waals surface area (Å²) in [5.74, 6) is 0.482. The monoisotopic (exact) mass is 336 g/mol.